The molecule has 0 aliphatic carbocycles. The second-order valence-corrected chi connectivity index (χ2v) is 5.06. The number of aromatic amines is 1. The number of rotatable bonds is 6. The number of carbonyl (C=O) groups is 1. The summed E-state index contributed by atoms with van der Waals surface area (Å²) in [6, 6.07) is 5.57. The van der Waals surface area contributed by atoms with Gasteiger partial charge >= 0.3 is 0 Å². The zero-order valence-corrected chi connectivity index (χ0v) is 12.8. The molecule has 4 N–H and O–H groups in total. The Morgan fingerprint density at radius 3 is 2.83 bits per heavy atom. The summed E-state index contributed by atoms with van der Waals surface area (Å²) in [4.78, 5) is 22.5. The summed E-state index contributed by atoms with van der Waals surface area (Å²) >= 11 is 0. The van der Waals surface area contributed by atoms with Crippen molar-refractivity contribution < 1.29 is 14.6 Å². The Morgan fingerprint density at radius 2 is 2.12 bits per heavy atom. The molecule has 0 fully saturated rings. The van der Waals surface area contributed by atoms with E-state index in [-0.39, 0.29) is 13.2 Å². The molecule has 0 aliphatic heterocycles. The Morgan fingerprint density at radius 1 is 1.29 bits per heavy atom. The van der Waals surface area contributed by atoms with Crippen LogP contribution in [0.25, 0.3) is 28.2 Å². The van der Waals surface area contributed by atoms with Crippen molar-refractivity contribution >= 4 is 23.0 Å². The Balaban J connectivity index is 1.92. The van der Waals surface area contributed by atoms with Crippen LogP contribution in [0.15, 0.2) is 42.9 Å². The van der Waals surface area contributed by atoms with Gasteiger partial charge in [0, 0.05) is 52.8 Å². The molecule has 0 aliphatic rings. The van der Waals surface area contributed by atoms with E-state index in [1.54, 1.807) is 30.7 Å². The normalized spacial score (nSPS) is 11.2. The smallest absolute Gasteiger partial charge is 0.241 e. The molecule has 122 valence electrons. The third-order valence-electron chi connectivity index (χ3n) is 3.40. The molecule has 3 aromatic heterocycles. The van der Waals surface area contributed by atoms with E-state index in [1.165, 1.54) is 6.08 Å². The van der Waals surface area contributed by atoms with Crippen molar-refractivity contribution in [2.75, 3.05) is 13.2 Å². The highest BCUT2D eigenvalue weighted by molar-refractivity contribution is 5.95. The SMILES string of the molecule is NC(=O)/C=C/c1c[nH]c2ncc(-c3ccc(OCCO)nc3)cc12. The summed E-state index contributed by atoms with van der Waals surface area (Å²) < 4.78 is 5.24. The van der Waals surface area contributed by atoms with E-state index in [9.17, 15) is 4.79 Å². The second kappa shape index (κ2) is 6.93. The van der Waals surface area contributed by atoms with E-state index in [1.807, 2.05) is 12.1 Å². The number of primary amides is 1. The van der Waals surface area contributed by atoms with Crippen LogP contribution in [0, 0.1) is 0 Å². The predicted molar refractivity (Wildman–Crippen MR) is 90.1 cm³/mol. The third-order valence-corrected chi connectivity index (χ3v) is 3.40. The van der Waals surface area contributed by atoms with Gasteiger partial charge in [-0.1, -0.05) is 0 Å². The van der Waals surface area contributed by atoms with E-state index >= 15 is 0 Å². The number of aliphatic hydroxyl groups excluding tert-OH is 1. The summed E-state index contributed by atoms with van der Waals surface area (Å²) in [7, 11) is 0. The van der Waals surface area contributed by atoms with Gasteiger partial charge in [0.1, 0.15) is 12.3 Å². The van der Waals surface area contributed by atoms with Crippen molar-refractivity contribution in [3.8, 4) is 17.0 Å². The highest BCUT2D eigenvalue weighted by Gasteiger charge is 2.06. The predicted octanol–water partition coefficient (Wildman–Crippen LogP) is 1.49. The lowest BCUT2D eigenvalue weighted by Crippen LogP contribution is -2.04. The summed E-state index contributed by atoms with van der Waals surface area (Å²) in [6.07, 6.45) is 8.15. The molecule has 0 atom stereocenters. The minimum atomic E-state index is -0.504. The molecule has 0 spiro atoms. The van der Waals surface area contributed by atoms with Crippen LogP contribution in [0.5, 0.6) is 5.88 Å². The monoisotopic (exact) mass is 324 g/mol. The average molecular weight is 324 g/mol. The quantitative estimate of drug-likeness (QED) is 0.594. The number of nitrogens with one attached hydrogen (secondary N) is 1. The number of aromatic nitrogens is 3. The Kier molecular flexibility index (Phi) is 4.53. The molecule has 7 nitrogen and oxygen atoms in total. The van der Waals surface area contributed by atoms with E-state index < -0.39 is 5.91 Å². The number of hydrogen-bond acceptors (Lipinski definition) is 5. The molecular weight excluding hydrogens is 308 g/mol. The maximum absolute atomic E-state index is 10.9. The van der Waals surface area contributed by atoms with E-state index in [4.69, 9.17) is 15.6 Å². The largest absolute Gasteiger partial charge is 0.475 e. The average Bonchev–Trinajstić information content (AvgIpc) is 3.01. The Labute approximate surface area is 137 Å². The Bertz CT molecular complexity index is 884. The number of nitrogens with two attached hydrogens (primary N) is 1. The number of fused-ring (bicyclic) bond motifs is 1. The van der Waals surface area contributed by atoms with Crippen molar-refractivity contribution in [3.63, 3.8) is 0 Å². The van der Waals surface area contributed by atoms with Crippen LogP contribution in [0.2, 0.25) is 0 Å². The number of carbonyl (C=O) groups excluding carboxylic acids is 1. The zero-order valence-electron chi connectivity index (χ0n) is 12.8. The number of hydrogen-bond donors (Lipinski definition) is 3. The van der Waals surface area contributed by atoms with E-state index in [0.29, 0.717) is 5.88 Å². The van der Waals surface area contributed by atoms with Crippen LogP contribution >= 0.6 is 0 Å². The van der Waals surface area contributed by atoms with Crippen molar-refractivity contribution in [1.82, 2.24) is 15.0 Å². The highest BCUT2D eigenvalue weighted by atomic mass is 16.5. The van der Waals surface area contributed by atoms with Crippen LogP contribution in [-0.4, -0.2) is 39.2 Å². The standard InChI is InChI=1S/C17H16N4O3/c18-15(23)3-1-12-9-20-17-14(12)7-13(10-21-17)11-2-4-16(19-8-11)24-6-5-22/h1-4,7-10,22H,5-6H2,(H2,18,23)(H,20,21)/b3-1+. The first-order chi connectivity index (χ1) is 11.7. The van der Waals surface area contributed by atoms with E-state index in [0.717, 1.165) is 27.7 Å². The summed E-state index contributed by atoms with van der Waals surface area (Å²) in [5, 5.41) is 9.63. The molecule has 24 heavy (non-hydrogen) atoms. The van der Waals surface area contributed by atoms with Crippen molar-refractivity contribution in [3.05, 3.63) is 48.4 Å². The van der Waals surface area contributed by atoms with Crippen molar-refractivity contribution in [2.24, 2.45) is 5.73 Å². The lowest BCUT2D eigenvalue weighted by atomic mass is 10.1. The fourth-order valence-electron chi connectivity index (χ4n) is 2.28. The third kappa shape index (κ3) is 3.41. The van der Waals surface area contributed by atoms with Crippen molar-refractivity contribution in [2.45, 2.75) is 0 Å². The fourth-order valence-corrected chi connectivity index (χ4v) is 2.28. The molecule has 0 saturated heterocycles. The van der Waals surface area contributed by atoms with Crippen LogP contribution in [-0.2, 0) is 4.79 Å². The maximum atomic E-state index is 10.9. The van der Waals surface area contributed by atoms with Gasteiger partial charge in [-0.15, -0.1) is 0 Å². The minimum absolute atomic E-state index is 0.0564. The first-order valence-corrected chi connectivity index (χ1v) is 7.32. The summed E-state index contributed by atoms with van der Waals surface area (Å²) in [5.74, 6) is -0.0512. The number of H-pyrrole nitrogens is 1. The molecule has 1 amide bonds. The van der Waals surface area contributed by atoms with Gasteiger partial charge in [-0.25, -0.2) is 9.97 Å². The van der Waals surface area contributed by atoms with Crippen LogP contribution in [0.3, 0.4) is 0 Å². The van der Waals surface area contributed by atoms with E-state index in [2.05, 4.69) is 15.0 Å². The molecule has 0 bridgehead atoms. The number of pyridine rings is 2. The Hall–Kier alpha value is -3.19. The molecule has 0 unspecified atom stereocenters. The zero-order chi connectivity index (χ0) is 16.9. The van der Waals surface area contributed by atoms with Crippen LogP contribution in [0.1, 0.15) is 5.56 Å². The summed E-state index contributed by atoms with van der Waals surface area (Å²) in [6.45, 7) is 0.151. The first kappa shape index (κ1) is 15.7. The lowest BCUT2D eigenvalue weighted by Gasteiger charge is -2.05. The maximum Gasteiger partial charge on any atom is 0.241 e. The molecule has 0 saturated carbocycles. The number of ether oxygens (including phenoxy) is 1. The van der Waals surface area contributed by atoms with Crippen LogP contribution in [0.4, 0.5) is 0 Å². The van der Waals surface area contributed by atoms with Gasteiger partial charge in [0.15, 0.2) is 0 Å². The first-order valence-electron chi connectivity index (χ1n) is 7.32. The fraction of sp³-hybridized carbons (Fsp3) is 0.118. The molecule has 3 heterocycles. The highest BCUT2D eigenvalue weighted by Crippen LogP contribution is 2.25. The molecule has 0 aromatic carbocycles. The minimum Gasteiger partial charge on any atom is -0.475 e. The molecule has 3 rings (SSSR count). The molecule has 7 heteroatoms. The summed E-state index contributed by atoms with van der Waals surface area (Å²) in [5.41, 5.74) is 8.45. The van der Waals surface area contributed by atoms with Gasteiger partial charge in [0.2, 0.25) is 11.8 Å². The number of nitrogens with zero attached hydrogens (tertiary/aromatic N) is 2. The van der Waals surface area contributed by atoms with Gasteiger partial charge in [-0.3, -0.25) is 4.79 Å². The van der Waals surface area contributed by atoms with Gasteiger partial charge in [-0.05, 0) is 18.2 Å². The van der Waals surface area contributed by atoms with Gasteiger partial charge in [-0.2, -0.15) is 0 Å². The van der Waals surface area contributed by atoms with Gasteiger partial charge < -0.3 is 20.6 Å². The number of amides is 1. The topological polar surface area (TPSA) is 114 Å². The van der Waals surface area contributed by atoms with Crippen molar-refractivity contribution in [1.29, 1.82) is 0 Å². The molecular formula is C17H16N4O3. The van der Waals surface area contributed by atoms with Gasteiger partial charge in [0.25, 0.3) is 0 Å². The lowest BCUT2D eigenvalue weighted by molar-refractivity contribution is -0.113. The van der Waals surface area contributed by atoms with Crippen LogP contribution < -0.4 is 10.5 Å². The number of aliphatic hydroxyl groups is 1. The molecule has 0 radical (unpaired) electrons. The van der Waals surface area contributed by atoms with Gasteiger partial charge in [0.05, 0.1) is 6.61 Å². The second-order valence-electron chi connectivity index (χ2n) is 5.06. The molecule has 3 aromatic rings.